The zero-order chi connectivity index (χ0) is 38.4. The minimum absolute atomic E-state index is 0.150. The molecule has 0 amide bonds. The van der Waals surface area contributed by atoms with Crippen LogP contribution in [0.25, 0.3) is 11.2 Å². The van der Waals surface area contributed by atoms with Gasteiger partial charge in [0.25, 0.3) is 0 Å². The minimum atomic E-state index is -3.92. The van der Waals surface area contributed by atoms with Gasteiger partial charge in [-0.05, 0) is 26.0 Å². The Hall–Kier alpha value is -5.03. The lowest BCUT2D eigenvalue weighted by Crippen LogP contribution is -2.36. The third kappa shape index (κ3) is 8.03. The third-order valence-corrected chi connectivity index (χ3v) is 14.6. The zero-order valence-electron chi connectivity index (χ0n) is 30.5. The number of para-hydroxylation sites is 1. The number of ether oxygens (including phenoxy) is 3. The molecule has 4 aromatic carbocycles. The molecule has 1 saturated heterocycles. The Bertz CT molecular complexity index is 2220. The van der Waals surface area contributed by atoms with Crippen molar-refractivity contribution in [3.8, 4) is 5.75 Å². The number of rotatable bonds is 14. The van der Waals surface area contributed by atoms with Gasteiger partial charge in [-0.2, -0.15) is 0 Å². The molecule has 55 heavy (non-hydrogen) atoms. The molecule has 0 radical (unpaired) electrons. The van der Waals surface area contributed by atoms with E-state index in [4.69, 9.17) is 23.5 Å². The molecule has 0 bridgehead atoms. The van der Waals surface area contributed by atoms with E-state index in [2.05, 4.69) is 56.4 Å². The van der Waals surface area contributed by atoms with Crippen molar-refractivity contribution >= 4 is 53.4 Å². The van der Waals surface area contributed by atoms with E-state index in [1.165, 1.54) is 24.1 Å². The van der Waals surface area contributed by atoms with Crippen molar-refractivity contribution in [3.63, 3.8) is 0 Å². The van der Waals surface area contributed by atoms with Gasteiger partial charge in [-0.3, -0.25) is 13.9 Å². The van der Waals surface area contributed by atoms with Crippen LogP contribution < -0.4 is 25.5 Å². The molecule has 6 atom stereocenters. The van der Waals surface area contributed by atoms with Crippen molar-refractivity contribution in [2.45, 2.75) is 45.5 Å². The first-order valence-corrected chi connectivity index (χ1v) is 21.4. The summed E-state index contributed by atoms with van der Waals surface area (Å²) in [5.74, 6) is -0.759. The summed E-state index contributed by atoms with van der Waals surface area (Å²) < 4.78 is 60.5. The predicted octanol–water partition coefficient (Wildman–Crippen LogP) is 7.25. The van der Waals surface area contributed by atoms with E-state index in [-0.39, 0.29) is 6.61 Å². The van der Waals surface area contributed by atoms with E-state index < -0.39 is 57.5 Å². The molecule has 5 unspecified atom stereocenters. The van der Waals surface area contributed by atoms with E-state index >= 15 is 4.39 Å². The van der Waals surface area contributed by atoms with Gasteiger partial charge < -0.3 is 18.7 Å². The minimum Gasteiger partial charge on any atom is -0.465 e. The van der Waals surface area contributed by atoms with E-state index in [1.807, 2.05) is 54.6 Å². The van der Waals surface area contributed by atoms with Gasteiger partial charge in [-0.15, -0.1) is 0 Å². The highest BCUT2D eigenvalue weighted by atomic mass is 31.2. The number of halogens is 1. The summed E-state index contributed by atoms with van der Waals surface area (Å²) >= 11 is 0. The lowest BCUT2D eigenvalue weighted by molar-refractivity contribution is -0.152. The van der Waals surface area contributed by atoms with Gasteiger partial charge in [0.05, 0.1) is 20.0 Å². The summed E-state index contributed by atoms with van der Waals surface area (Å²) in [5, 5.41) is 5.81. The fourth-order valence-corrected chi connectivity index (χ4v) is 11.6. The van der Waals surface area contributed by atoms with Crippen LogP contribution in [0, 0.1) is 5.92 Å². The molecule has 1 fully saturated rings. The normalized spacial score (nSPS) is 20.1. The summed E-state index contributed by atoms with van der Waals surface area (Å²) in [6.07, 6.45) is -1.57. The van der Waals surface area contributed by atoms with Crippen molar-refractivity contribution in [2.24, 2.45) is 10.7 Å². The SMILES string of the molecule is CCOC(=O)C(C)NP(=O)(COC1OC(n2cnc3c(N=P(c4ccccc4)(c4ccccc4)c4ccccc4)ncnc32)C(F)[C@@H]1C)Oc1ccccc1. The molecule has 15 heteroatoms. The Kier molecular flexibility index (Phi) is 11.7. The number of nitrogens with one attached hydrogen (secondary N) is 1. The number of benzene rings is 4. The number of carbonyl (C=O) groups excluding carboxylic acids is 1. The quantitative estimate of drug-likeness (QED) is 0.0888. The van der Waals surface area contributed by atoms with Gasteiger partial charge in [-0.1, -0.05) is 116 Å². The van der Waals surface area contributed by atoms with Crippen LogP contribution in [0.1, 0.15) is 27.0 Å². The monoisotopic (exact) mass is 782 g/mol. The van der Waals surface area contributed by atoms with Gasteiger partial charge in [0.2, 0.25) is 0 Å². The van der Waals surface area contributed by atoms with Gasteiger partial charge in [0.15, 0.2) is 42.0 Å². The molecule has 1 aliphatic rings. The Labute approximate surface area is 318 Å². The summed E-state index contributed by atoms with van der Waals surface area (Å²) in [4.78, 5) is 26.2. The Balaban J connectivity index is 1.21. The second kappa shape index (κ2) is 16.8. The van der Waals surface area contributed by atoms with Crippen molar-refractivity contribution in [1.82, 2.24) is 24.6 Å². The van der Waals surface area contributed by atoms with Crippen LogP contribution in [0.5, 0.6) is 5.75 Å². The number of imidazole rings is 1. The lowest BCUT2D eigenvalue weighted by atomic mass is 10.1. The maximum Gasteiger partial charge on any atom is 0.342 e. The maximum atomic E-state index is 16.2. The van der Waals surface area contributed by atoms with Crippen molar-refractivity contribution in [3.05, 3.63) is 134 Å². The fraction of sp³-hybridized carbons (Fsp3) is 0.250. The van der Waals surface area contributed by atoms with Gasteiger partial charge >= 0.3 is 13.5 Å². The van der Waals surface area contributed by atoms with Gasteiger partial charge in [0.1, 0.15) is 18.1 Å². The maximum absolute atomic E-state index is 16.2. The van der Waals surface area contributed by atoms with E-state index in [0.717, 1.165) is 15.9 Å². The van der Waals surface area contributed by atoms with E-state index in [1.54, 1.807) is 44.2 Å². The summed E-state index contributed by atoms with van der Waals surface area (Å²) in [6.45, 7) is 4.98. The van der Waals surface area contributed by atoms with Crippen LogP contribution in [0.15, 0.2) is 139 Å². The number of nitrogens with zero attached hydrogens (tertiary/aromatic N) is 5. The number of alkyl halides is 1. The first kappa shape index (κ1) is 38.3. The van der Waals surface area contributed by atoms with Crippen molar-refractivity contribution < 1.29 is 32.5 Å². The molecule has 1 aliphatic heterocycles. The van der Waals surface area contributed by atoms with E-state index in [9.17, 15) is 9.36 Å². The number of carbonyl (C=O) groups is 1. The second-order valence-electron chi connectivity index (χ2n) is 12.9. The standard InChI is InChI=1S/C40H41FN6O6P2/c1-4-50-39(48)29(3)45-54(49,53-30-17-9-5-10-18-30)27-51-40-28(2)34(41)38(52-40)47-26-44-35-36(42-25-43-37(35)47)46-55(31-19-11-6-12-20-31,32-21-13-7-14-22-32)33-23-15-8-16-24-33/h5-26,28-29,34,38,40H,4,27H2,1-3H3,(H,45,49)/t28-,29?,34?,38?,40?,54?/m0/s1. The first-order valence-electron chi connectivity index (χ1n) is 17.9. The first-order chi connectivity index (χ1) is 26.7. The highest BCUT2D eigenvalue weighted by Gasteiger charge is 2.46. The predicted molar refractivity (Wildman–Crippen MR) is 210 cm³/mol. The summed E-state index contributed by atoms with van der Waals surface area (Å²) in [6, 6.07) is 37.9. The largest absolute Gasteiger partial charge is 0.465 e. The van der Waals surface area contributed by atoms with Crippen LogP contribution in [-0.4, -0.2) is 56.9 Å². The number of aromatic nitrogens is 4. The number of fused-ring (bicyclic) bond motifs is 1. The zero-order valence-corrected chi connectivity index (χ0v) is 32.2. The molecule has 0 aliphatic carbocycles. The highest BCUT2D eigenvalue weighted by Crippen LogP contribution is 2.50. The molecule has 6 aromatic rings. The molecule has 1 N–H and O–H groups in total. The van der Waals surface area contributed by atoms with Crippen LogP contribution >= 0.6 is 14.6 Å². The topological polar surface area (TPSA) is 139 Å². The van der Waals surface area contributed by atoms with E-state index in [0.29, 0.717) is 22.7 Å². The molecule has 12 nitrogen and oxygen atoms in total. The molecule has 3 heterocycles. The van der Waals surface area contributed by atoms with Crippen molar-refractivity contribution in [2.75, 3.05) is 13.0 Å². The number of hydrogen-bond acceptors (Lipinski definition) is 10. The van der Waals surface area contributed by atoms with Crippen LogP contribution in [0.2, 0.25) is 0 Å². The lowest BCUT2D eigenvalue weighted by Gasteiger charge is -2.26. The molecular weight excluding hydrogens is 741 g/mol. The van der Waals surface area contributed by atoms with Crippen molar-refractivity contribution in [1.29, 1.82) is 0 Å². The van der Waals surface area contributed by atoms with Crippen LogP contribution in [0.4, 0.5) is 10.2 Å². The van der Waals surface area contributed by atoms with Gasteiger partial charge in [-0.25, -0.2) is 29.2 Å². The van der Waals surface area contributed by atoms with Gasteiger partial charge in [0, 0.05) is 21.8 Å². The Morgan fingerprint density at radius 1 is 0.891 bits per heavy atom. The Morgan fingerprint density at radius 2 is 1.45 bits per heavy atom. The molecule has 0 spiro atoms. The molecule has 284 valence electrons. The van der Waals surface area contributed by atoms with Crippen LogP contribution in [0.3, 0.4) is 0 Å². The second-order valence-corrected chi connectivity index (χ2v) is 18.0. The van der Waals surface area contributed by atoms with Crippen LogP contribution in [-0.2, 0) is 23.6 Å². The smallest absolute Gasteiger partial charge is 0.342 e. The molecule has 0 saturated carbocycles. The summed E-state index contributed by atoms with van der Waals surface area (Å²) in [7, 11) is -6.63. The fourth-order valence-electron chi connectivity index (χ4n) is 6.48. The molecule has 2 aromatic heterocycles. The number of esters is 1. The molecule has 7 rings (SSSR count). The highest BCUT2D eigenvalue weighted by molar-refractivity contribution is 7.87. The Morgan fingerprint density at radius 3 is 2.02 bits per heavy atom. The number of hydrogen-bond donors (Lipinski definition) is 1. The summed E-state index contributed by atoms with van der Waals surface area (Å²) in [5.41, 5.74) is 0.699. The average molecular weight is 783 g/mol. The average Bonchev–Trinajstić information content (AvgIpc) is 3.77. The molecular formula is C40H41FN6O6P2. The third-order valence-electron chi connectivity index (χ3n) is 9.16.